The van der Waals surface area contributed by atoms with E-state index in [1.807, 2.05) is 18.2 Å². The van der Waals surface area contributed by atoms with Crippen molar-refractivity contribution in [2.45, 2.75) is 26.4 Å². The molecule has 2 rings (SSSR count). The number of carboxylic acids is 1. The molecule has 3 N–H and O–H groups in total. The number of carbonyl (C=O) groups excluding carboxylic acids is 1. The largest absolute Gasteiger partial charge is 0.479 e. The summed E-state index contributed by atoms with van der Waals surface area (Å²) in [6.45, 7) is 5.12. The van der Waals surface area contributed by atoms with Crippen molar-refractivity contribution in [3.05, 3.63) is 36.0 Å². The predicted molar refractivity (Wildman–Crippen MR) is 79.2 cm³/mol. The van der Waals surface area contributed by atoms with Crippen molar-refractivity contribution >= 4 is 22.7 Å². The van der Waals surface area contributed by atoms with Crippen LogP contribution in [-0.4, -0.2) is 32.6 Å². The maximum absolute atomic E-state index is 12.6. The summed E-state index contributed by atoms with van der Waals surface area (Å²) in [6, 6.07) is 8.81. The Bertz CT molecular complexity index is 655. The van der Waals surface area contributed by atoms with Crippen LogP contribution in [0.5, 0.6) is 0 Å². The first kappa shape index (κ1) is 15.3. The molecule has 0 spiro atoms. The molecule has 1 unspecified atom stereocenters. The third-order valence-electron chi connectivity index (χ3n) is 4.11. The van der Waals surface area contributed by atoms with E-state index in [4.69, 9.17) is 0 Å². The van der Waals surface area contributed by atoms with Crippen LogP contribution in [0.4, 0.5) is 0 Å². The number of para-hydroxylation sites is 1. The summed E-state index contributed by atoms with van der Waals surface area (Å²) in [4.78, 5) is 27.0. The lowest BCUT2D eigenvalue weighted by molar-refractivity contribution is -0.159. The third kappa shape index (κ3) is 2.45. The fraction of sp³-hybridized carbons (Fsp3) is 0.375. The zero-order valence-corrected chi connectivity index (χ0v) is 12.3. The quantitative estimate of drug-likeness (QED) is 0.582. The molecule has 0 saturated carbocycles. The van der Waals surface area contributed by atoms with Crippen molar-refractivity contribution in [3.63, 3.8) is 0 Å². The maximum atomic E-state index is 12.6. The summed E-state index contributed by atoms with van der Waals surface area (Å²) in [5, 5.41) is 20.7. The van der Waals surface area contributed by atoms with Crippen LogP contribution in [0.25, 0.3) is 10.9 Å². The molecule has 0 fully saturated rings. The molecule has 112 valence electrons. The Kier molecular flexibility index (Phi) is 3.87. The van der Waals surface area contributed by atoms with Gasteiger partial charge < -0.3 is 15.2 Å². The van der Waals surface area contributed by atoms with E-state index >= 15 is 0 Å². The number of nitrogens with one attached hydrogen (secondary N) is 1. The summed E-state index contributed by atoms with van der Waals surface area (Å²) in [7, 11) is 0. The number of carboxylic acid groups (broad SMARTS) is 1. The van der Waals surface area contributed by atoms with Crippen LogP contribution in [0.2, 0.25) is 0 Å². The van der Waals surface area contributed by atoms with E-state index < -0.39 is 23.3 Å². The van der Waals surface area contributed by atoms with Gasteiger partial charge in [-0.25, -0.2) is 4.79 Å². The van der Waals surface area contributed by atoms with Gasteiger partial charge in [-0.2, -0.15) is 0 Å². The molecule has 5 heteroatoms. The van der Waals surface area contributed by atoms with Gasteiger partial charge in [-0.3, -0.25) is 4.79 Å². The minimum atomic E-state index is -2.44. The van der Waals surface area contributed by atoms with Gasteiger partial charge in [-0.15, -0.1) is 0 Å². The molecule has 2 aromatic rings. The Morgan fingerprint density at radius 3 is 2.33 bits per heavy atom. The number of hydrogen-bond acceptors (Lipinski definition) is 3. The molecular weight excluding hydrogens is 270 g/mol. The van der Waals surface area contributed by atoms with Crippen molar-refractivity contribution in [2.75, 3.05) is 0 Å². The molecule has 2 atom stereocenters. The van der Waals surface area contributed by atoms with Gasteiger partial charge in [0.05, 0.1) is 5.69 Å². The van der Waals surface area contributed by atoms with Gasteiger partial charge in [0.2, 0.25) is 11.4 Å². The number of hydrogen-bond donors (Lipinski definition) is 3. The summed E-state index contributed by atoms with van der Waals surface area (Å²) in [5.41, 5.74) is -1.60. The van der Waals surface area contributed by atoms with Crippen LogP contribution in [0.15, 0.2) is 30.3 Å². The van der Waals surface area contributed by atoms with Gasteiger partial charge in [-0.1, -0.05) is 39.0 Å². The Labute approximate surface area is 122 Å². The molecule has 0 radical (unpaired) electrons. The number of carbonyl (C=O) groups is 2. The monoisotopic (exact) mass is 289 g/mol. The predicted octanol–water partition coefficient (Wildman–Crippen LogP) is 2.46. The second-order valence-corrected chi connectivity index (χ2v) is 5.70. The highest BCUT2D eigenvalue weighted by Gasteiger charge is 2.50. The normalized spacial score (nSPS) is 15.9. The molecule has 0 aliphatic heterocycles. The van der Waals surface area contributed by atoms with E-state index in [2.05, 4.69) is 4.98 Å². The fourth-order valence-electron chi connectivity index (χ4n) is 2.38. The minimum Gasteiger partial charge on any atom is -0.479 e. The highest BCUT2D eigenvalue weighted by Crippen LogP contribution is 2.29. The average Bonchev–Trinajstić information content (AvgIpc) is 2.88. The molecule has 1 aromatic heterocycles. The number of fused-ring (bicyclic) bond motifs is 1. The number of aliphatic carboxylic acids is 1. The molecule has 5 nitrogen and oxygen atoms in total. The minimum absolute atomic E-state index is 0.105. The van der Waals surface area contributed by atoms with Gasteiger partial charge in [0.1, 0.15) is 0 Å². The smallest absolute Gasteiger partial charge is 0.344 e. The lowest BCUT2D eigenvalue weighted by atomic mass is 9.77. The number of Topliss-reactive ketones (excluding diaryl/α,β-unsaturated/α-hetero) is 1. The molecule has 0 amide bonds. The number of ketones is 1. The number of aliphatic hydroxyl groups is 1. The summed E-state index contributed by atoms with van der Waals surface area (Å²) in [6.07, 6.45) is 0. The van der Waals surface area contributed by atoms with E-state index in [9.17, 15) is 19.8 Å². The standard InChI is InChI=1S/C16H19NO4/c1-9(2)10(3)16(21,15(19)20)14(18)13-8-11-6-4-5-7-12(11)17-13/h4-10,17,21H,1-3H3,(H,19,20)/t10?,16-/m1/s1. The van der Waals surface area contributed by atoms with E-state index in [1.54, 1.807) is 32.9 Å². The summed E-state index contributed by atoms with van der Waals surface area (Å²) < 4.78 is 0. The highest BCUT2D eigenvalue weighted by molar-refractivity contribution is 6.15. The summed E-state index contributed by atoms with van der Waals surface area (Å²) >= 11 is 0. The van der Waals surface area contributed by atoms with Crippen molar-refractivity contribution < 1.29 is 19.8 Å². The third-order valence-corrected chi connectivity index (χ3v) is 4.11. The topological polar surface area (TPSA) is 90.4 Å². The maximum Gasteiger partial charge on any atom is 0.344 e. The van der Waals surface area contributed by atoms with Gasteiger partial charge >= 0.3 is 5.97 Å². The molecule has 0 aliphatic carbocycles. The molecule has 21 heavy (non-hydrogen) atoms. The molecular formula is C16H19NO4. The Morgan fingerprint density at radius 1 is 1.19 bits per heavy atom. The Hall–Kier alpha value is -2.14. The second-order valence-electron chi connectivity index (χ2n) is 5.70. The van der Waals surface area contributed by atoms with Gasteiger partial charge in [0.25, 0.3) is 0 Å². The molecule has 1 aromatic carbocycles. The van der Waals surface area contributed by atoms with Crippen molar-refractivity contribution in [1.29, 1.82) is 0 Å². The Morgan fingerprint density at radius 2 is 1.81 bits per heavy atom. The van der Waals surface area contributed by atoms with E-state index in [0.717, 1.165) is 10.9 Å². The zero-order valence-electron chi connectivity index (χ0n) is 12.3. The van der Waals surface area contributed by atoms with Crippen LogP contribution < -0.4 is 0 Å². The number of rotatable bonds is 5. The van der Waals surface area contributed by atoms with Gasteiger partial charge in [0, 0.05) is 16.8 Å². The van der Waals surface area contributed by atoms with Gasteiger partial charge in [0.15, 0.2) is 0 Å². The number of H-pyrrole nitrogens is 1. The number of aromatic nitrogens is 1. The molecule has 0 bridgehead atoms. The first-order valence-electron chi connectivity index (χ1n) is 6.86. The van der Waals surface area contributed by atoms with Crippen LogP contribution in [0.3, 0.4) is 0 Å². The van der Waals surface area contributed by atoms with E-state index in [1.165, 1.54) is 0 Å². The number of aromatic amines is 1. The van der Waals surface area contributed by atoms with Gasteiger partial charge in [-0.05, 0) is 18.1 Å². The van der Waals surface area contributed by atoms with Crippen molar-refractivity contribution in [3.8, 4) is 0 Å². The second kappa shape index (κ2) is 5.33. The summed E-state index contributed by atoms with van der Waals surface area (Å²) in [5.74, 6) is -3.20. The van der Waals surface area contributed by atoms with Crippen molar-refractivity contribution in [2.24, 2.45) is 11.8 Å². The molecule has 0 aliphatic rings. The van der Waals surface area contributed by atoms with E-state index in [0.29, 0.717) is 0 Å². The first-order valence-corrected chi connectivity index (χ1v) is 6.86. The molecule has 1 heterocycles. The number of benzene rings is 1. The fourth-order valence-corrected chi connectivity index (χ4v) is 2.38. The zero-order chi connectivity index (χ0) is 15.8. The van der Waals surface area contributed by atoms with Crippen LogP contribution in [-0.2, 0) is 4.79 Å². The van der Waals surface area contributed by atoms with Crippen LogP contribution >= 0.6 is 0 Å². The SMILES string of the molecule is CC(C)C(C)[C@](O)(C(=O)O)C(=O)c1cc2ccccc2[nH]1. The first-order chi connectivity index (χ1) is 9.78. The van der Waals surface area contributed by atoms with E-state index in [-0.39, 0.29) is 11.6 Å². The van der Waals surface area contributed by atoms with Crippen LogP contribution in [0, 0.1) is 11.8 Å². The molecule has 0 saturated heterocycles. The average molecular weight is 289 g/mol. The Balaban J connectivity index is 2.50. The highest BCUT2D eigenvalue weighted by atomic mass is 16.4. The lowest BCUT2D eigenvalue weighted by Crippen LogP contribution is -2.53. The van der Waals surface area contributed by atoms with Crippen molar-refractivity contribution in [1.82, 2.24) is 4.98 Å². The lowest BCUT2D eigenvalue weighted by Gasteiger charge is -2.30. The van der Waals surface area contributed by atoms with Crippen LogP contribution in [0.1, 0.15) is 31.3 Å².